The van der Waals surface area contributed by atoms with Crippen LogP contribution in [-0.4, -0.2) is 11.7 Å². The van der Waals surface area contributed by atoms with Crippen LogP contribution in [0.1, 0.15) is 97.8 Å². The zero-order chi connectivity index (χ0) is 18.4. The molecule has 1 fully saturated rings. The fourth-order valence-electron chi connectivity index (χ4n) is 5.09. The van der Waals surface area contributed by atoms with Crippen molar-refractivity contribution in [3.05, 3.63) is 35.5 Å². The Bertz CT molecular complexity index is 525. The van der Waals surface area contributed by atoms with Crippen LogP contribution < -0.4 is 0 Å². The number of hydrogen-bond donors (Lipinski definition) is 0. The first-order chi connectivity index (χ1) is 12.5. The van der Waals surface area contributed by atoms with Gasteiger partial charge in [-0.15, -0.1) is 0 Å². The molecular weight excluding hydrogens is 316 g/mol. The van der Waals surface area contributed by atoms with Gasteiger partial charge in [0.15, 0.2) is 0 Å². The zero-order valence-corrected chi connectivity index (χ0v) is 17.4. The van der Waals surface area contributed by atoms with Crippen molar-refractivity contribution in [2.75, 3.05) is 0 Å². The minimum atomic E-state index is -0.0603. The SMILES string of the molecule is CC(C)(C)OC1C=CC(C(CC2=CCCCC2)C2CCCCC2)=CCC1. The standard InChI is InChI=1S/C25H40O/c1-25(2,3)26-23-16-10-15-22(17-18-23)24(21-13-8-5-9-14-21)19-20-11-6-4-7-12-20/h11,15,17-18,21,23-24H,4-10,12-14,16,19H2,1-3H3. The Morgan fingerprint density at radius 2 is 1.77 bits per heavy atom. The zero-order valence-electron chi connectivity index (χ0n) is 17.4. The van der Waals surface area contributed by atoms with Gasteiger partial charge in [0.25, 0.3) is 0 Å². The van der Waals surface area contributed by atoms with Crippen molar-refractivity contribution in [2.24, 2.45) is 11.8 Å². The average Bonchev–Trinajstić information content (AvgIpc) is 2.85. The molecule has 0 bridgehead atoms. The summed E-state index contributed by atoms with van der Waals surface area (Å²) in [5, 5.41) is 0. The van der Waals surface area contributed by atoms with E-state index in [0.717, 1.165) is 24.7 Å². The molecular formula is C25H40O. The maximum Gasteiger partial charge on any atom is 0.0769 e. The van der Waals surface area contributed by atoms with E-state index < -0.39 is 0 Å². The lowest BCUT2D eigenvalue weighted by Gasteiger charge is -2.33. The Morgan fingerprint density at radius 3 is 2.46 bits per heavy atom. The summed E-state index contributed by atoms with van der Waals surface area (Å²) < 4.78 is 6.25. The molecule has 3 aliphatic rings. The summed E-state index contributed by atoms with van der Waals surface area (Å²) in [5.74, 6) is 1.63. The Morgan fingerprint density at radius 1 is 0.962 bits per heavy atom. The molecule has 0 N–H and O–H groups in total. The average molecular weight is 357 g/mol. The van der Waals surface area contributed by atoms with E-state index in [-0.39, 0.29) is 11.7 Å². The number of rotatable bonds is 5. The van der Waals surface area contributed by atoms with E-state index in [2.05, 4.69) is 45.1 Å². The minimum absolute atomic E-state index is 0.0603. The second-order valence-electron chi connectivity index (χ2n) is 9.73. The van der Waals surface area contributed by atoms with E-state index in [1.165, 1.54) is 64.2 Å². The van der Waals surface area contributed by atoms with Crippen LogP contribution in [0.15, 0.2) is 35.5 Å². The summed E-state index contributed by atoms with van der Waals surface area (Å²) in [7, 11) is 0. The largest absolute Gasteiger partial charge is 0.369 e. The van der Waals surface area contributed by atoms with Gasteiger partial charge in [-0.1, -0.05) is 49.1 Å². The molecule has 1 saturated carbocycles. The van der Waals surface area contributed by atoms with Crippen LogP contribution in [0.4, 0.5) is 0 Å². The van der Waals surface area contributed by atoms with Crippen molar-refractivity contribution in [3.8, 4) is 0 Å². The molecule has 0 aromatic heterocycles. The van der Waals surface area contributed by atoms with E-state index in [4.69, 9.17) is 4.74 Å². The van der Waals surface area contributed by atoms with Gasteiger partial charge in [0.1, 0.15) is 0 Å². The lowest BCUT2D eigenvalue weighted by Crippen LogP contribution is -2.25. The normalized spacial score (nSPS) is 26.8. The second kappa shape index (κ2) is 9.40. The topological polar surface area (TPSA) is 9.23 Å². The predicted octanol–water partition coefficient (Wildman–Crippen LogP) is 7.53. The molecule has 0 aromatic rings. The molecule has 0 spiro atoms. The van der Waals surface area contributed by atoms with Crippen LogP contribution >= 0.6 is 0 Å². The fraction of sp³-hybridized carbons (Fsp3) is 0.760. The number of allylic oxidation sites excluding steroid dienone is 5. The molecule has 0 aliphatic heterocycles. The highest BCUT2D eigenvalue weighted by atomic mass is 16.5. The van der Waals surface area contributed by atoms with E-state index in [9.17, 15) is 0 Å². The maximum atomic E-state index is 6.25. The smallest absolute Gasteiger partial charge is 0.0769 e. The van der Waals surface area contributed by atoms with Crippen LogP contribution in [0.2, 0.25) is 0 Å². The molecule has 1 heteroatoms. The van der Waals surface area contributed by atoms with Gasteiger partial charge in [0.05, 0.1) is 11.7 Å². The summed E-state index contributed by atoms with van der Waals surface area (Å²) in [6.07, 6.45) is 26.4. The summed E-state index contributed by atoms with van der Waals surface area (Å²) in [4.78, 5) is 0. The van der Waals surface area contributed by atoms with Crippen LogP contribution in [0.3, 0.4) is 0 Å². The summed E-state index contributed by atoms with van der Waals surface area (Å²) in [6, 6.07) is 0. The highest BCUT2D eigenvalue weighted by Gasteiger charge is 2.28. The van der Waals surface area contributed by atoms with Gasteiger partial charge in [-0.25, -0.2) is 0 Å². The van der Waals surface area contributed by atoms with Gasteiger partial charge in [0.2, 0.25) is 0 Å². The number of ether oxygens (including phenoxy) is 1. The lowest BCUT2D eigenvalue weighted by molar-refractivity contribution is -0.0402. The first-order valence-corrected chi connectivity index (χ1v) is 11.3. The third kappa shape index (κ3) is 6.12. The van der Waals surface area contributed by atoms with Crippen molar-refractivity contribution in [1.82, 2.24) is 0 Å². The van der Waals surface area contributed by atoms with Crippen LogP contribution in [0.5, 0.6) is 0 Å². The summed E-state index contributed by atoms with van der Waals surface area (Å²) >= 11 is 0. The van der Waals surface area contributed by atoms with Crippen molar-refractivity contribution >= 4 is 0 Å². The first kappa shape index (κ1) is 19.9. The summed E-state index contributed by atoms with van der Waals surface area (Å²) in [6.45, 7) is 6.50. The first-order valence-electron chi connectivity index (χ1n) is 11.3. The van der Waals surface area contributed by atoms with Gasteiger partial charge < -0.3 is 4.74 Å². The molecule has 146 valence electrons. The lowest BCUT2D eigenvalue weighted by atomic mass is 9.72. The van der Waals surface area contributed by atoms with Crippen LogP contribution in [-0.2, 0) is 4.74 Å². The van der Waals surface area contributed by atoms with Gasteiger partial charge in [-0.2, -0.15) is 0 Å². The van der Waals surface area contributed by atoms with Gasteiger partial charge >= 0.3 is 0 Å². The van der Waals surface area contributed by atoms with E-state index in [1.54, 1.807) is 11.1 Å². The molecule has 0 heterocycles. The Kier molecular flexibility index (Phi) is 7.20. The predicted molar refractivity (Wildman–Crippen MR) is 112 cm³/mol. The maximum absolute atomic E-state index is 6.25. The molecule has 0 radical (unpaired) electrons. The van der Waals surface area contributed by atoms with Crippen LogP contribution in [0.25, 0.3) is 0 Å². The molecule has 3 aliphatic carbocycles. The highest BCUT2D eigenvalue weighted by molar-refractivity contribution is 5.27. The minimum Gasteiger partial charge on any atom is -0.369 e. The second-order valence-corrected chi connectivity index (χ2v) is 9.73. The van der Waals surface area contributed by atoms with Crippen molar-refractivity contribution in [2.45, 2.75) is 110 Å². The van der Waals surface area contributed by atoms with Gasteiger partial charge in [0, 0.05) is 0 Å². The molecule has 3 rings (SSSR count). The monoisotopic (exact) mass is 356 g/mol. The van der Waals surface area contributed by atoms with Crippen molar-refractivity contribution in [3.63, 3.8) is 0 Å². The van der Waals surface area contributed by atoms with Crippen molar-refractivity contribution < 1.29 is 4.74 Å². The van der Waals surface area contributed by atoms with E-state index >= 15 is 0 Å². The Balaban J connectivity index is 1.73. The van der Waals surface area contributed by atoms with Crippen LogP contribution in [0, 0.1) is 11.8 Å². The molecule has 2 atom stereocenters. The molecule has 2 unspecified atom stereocenters. The van der Waals surface area contributed by atoms with Gasteiger partial charge in [-0.05, 0) is 96.0 Å². The third-order valence-electron chi connectivity index (χ3n) is 6.35. The van der Waals surface area contributed by atoms with E-state index in [0.29, 0.717) is 0 Å². The van der Waals surface area contributed by atoms with E-state index in [1.807, 2.05) is 0 Å². The Hall–Kier alpha value is -0.820. The molecule has 26 heavy (non-hydrogen) atoms. The number of hydrogen-bond acceptors (Lipinski definition) is 1. The fourth-order valence-corrected chi connectivity index (χ4v) is 5.09. The molecule has 0 aromatic carbocycles. The van der Waals surface area contributed by atoms with Crippen molar-refractivity contribution in [1.29, 1.82) is 0 Å². The third-order valence-corrected chi connectivity index (χ3v) is 6.35. The quantitative estimate of drug-likeness (QED) is 0.462. The molecule has 0 saturated heterocycles. The van der Waals surface area contributed by atoms with Gasteiger partial charge in [-0.3, -0.25) is 0 Å². The summed E-state index contributed by atoms with van der Waals surface area (Å²) in [5.41, 5.74) is 3.30. The highest BCUT2D eigenvalue weighted by Crippen LogP contribution is 2.40. The molecule has 0 amide bonds. The Labute approximate surface area is 162 Å². The molecule has 1 nitrogen and oxygen atoms in total.